The lowest BCUT2D eigenvalue weighted by molar-refractivity contribution is 0.102. The van der Waals surface area contributed by atoms with Gasteiger partial charge in [0.25, 0.3) is 5.91 Å². The average molecular weight is 595 g/mol. The Balaban J connectivity index is 1.24. The molecule has 3 heterocycles. The van der Waals surface area contributed by atoms with E-state index in [-0.39, 0.29) is 5.91 Å². The van der Waals surface area contributed by atoms with Crippen molar-refractivity contribution in [2.45, 2.75) is 58.4 Å². The summed E-state index contributed by atoms with van der Waals surface area (Å²) in [5.74, 6) is 0.984. The molecule has 0 radical (unpaired) electrons. The van der Waals surface area contributed by atoms with Gasteiger partial charge in [-0.15, -0.1) is 0 Å². The standard InChI is InChI=1S/C34H42N8O2/c1-6-21-9-8-10-22(7-2)29(21)38-33(43)31-26-13-11-23-20-35-34(39-30(23)32(26)42(4)40-31)37-27-14-12-25(19-28(27)44-5)36-24-15-17-41(3)18-16-24/h8-10,12,14,19-20,24,36H,6-7,11,13,15-18H2,1-5H3,(H,38,43)(H,35,37,39). The molecule has 2 aromatic heterocycles. The SMILES string of the molecule is CCc1cccc(CC)c1NC(=O)c1nn(C)c2c1CCc1cnc(Nc3ccc(NC4CCN(C)CC4)cc3OC)nc1-2. The fourth-order valence-electron chi connectivity index (χ4n) is 6.37. The highest BCUT2D eigenvalue weighted by atomic mass is 16.5. The van der Waals surface area contributed by atoms with Crippen molar-refractivity contribution >= 4 is 28.9 Å². The predicted molar refractivity (Wildman–Crippen MR) is 175 cm³/mol. The maximum Gasteiger partial charge on any atom is 0.276 e. The fourth-order valence-corrected chi connectivity index (χ4v) is 6.37. The molecule has 10 heteroatoms. The minimum absolute atomic E-state index is 0.188. The number of hydrogen-bond donors (Lipinski definition) is 3. The largest absolute Gasteiger partial charge is 0.494 e. The van der Waals surface area contributed by atoms with E-state index in [0.717, 1.165) is 95.9 Å². The number of fused-ring (bicyclic) bond motifs is 3. The molecule has 1 fully saturated rings. The summed E-state index contributed by atoms with van der Waals surface area (Å²) >= 11 is 0. The van der Waals surface area contributed by atoms with E-state index in [2.05, 4.69) is 71.0 Å². The molecule has 1 aliphatic heterocycles. The van der Waals surface area contributed by atoms with Crippen molar-refractivity contribution in [1.82, 2.24) is 24.6 Å². The van der Waals surface area contributed by atoms with Gasteiger partial charge in [0.15, 0.2) is 5.69 Å². The number of aryl methyl sites for hydroxylation is 4. The zero-order valence-electron chi connectivity index (χ0n) is 26.3. The summed E-state index contributed by atoms with van der Waals surface area (Å²) in [5.41, 5.74) is 9.00. The van der Waals surface area contributed by atoms with Crippen molar-refractivity contribution in [2.24, 2.45) is 7.05 Å². The Morgan fingerprint density at radius 2 is 1.80 bits per heavy atom. The number of likely N-dealkylation sites (tertiary alicyclic amines) is 1. The van der Waals surface area contributed by atoms with Crippen LogP contribution in [0, 0.1) is 0 Å². The number of para-hydroxylation sites is 1. The van der Waals surface area contributed by atoms with Gasteiger partial charge in [0.2, 0.25) is 5.95 Å². The van der Waals surface area contributed by atoms with Crippen molar-refractivity contribution in [3.63, 3.8) is 0 Å². The molecule has 6 rings (SSSR count). The number of carbonyl (C=O) groups is 1. The number of anilines is 4. The number of methoxy groups -OCH3 is 1. The van der Waals surface area contributed by atoms with E-state index in [0.29, 0.717) is 29.9 Å². The second-order valence-electron chi connectivity index (χ2n) is 11.7. The zero-order valence-corrected chi connectivity index (χ0v) is 26.3. The number of hydrogen-bond acceptors (Lipinski definition) is 8. The van der Waals surface area contributed by atoms with E-state index in [4.69, 9.17) is 14.8 Å². The van der Waals surface area contributed by atoms with Crippen LogP contribution in [0.15, 0.2) is 42.6 Å². The second kappa shape index (κ2) is 12.7. The molecular weight excluding hydrogens is 552 g/mol. The van der Waals surface area contributed by atoms with Crippen LogP contribution in [0.3, 0.4) is 0 Å². The highest BCUT2D eigenvalue weighted by molar-refractivity contribution is 6.06. The van der Waals surface area contributed by atoms with Gasteiger partial charge in [0.05, 0.1) is 24.2 Å². The molecule has 1 saturated heterocycles. The maximum absolute atomic E-state index is 13.6. The number of aromatic nitrogens is 4. The third-order valence-electron chi connectivity index (χ3n) is 8.87. The van der Waals surface area contributed by atoms with E-state index in [1.54, 1.807) is 11.8 Å². The summed E-state index contributed by atoms with van der Waals surface area (Å²) in [4.78, 5) is 25.6. The van der Waals surface area contributed by atoms with Crippen molar-refractivity contribution in [2.75, 3.05) is 43.2 Å². The van der Waals surface area contributed by atoms with Crippen LogP contribution in [0.25, 0.3) is 11.4 Å². The van der Waals surface area contributed by atoms with Gasteiger partial charge in [-0.05, 0) is 87.5 Å². The molecule has 1 aliphatic carbocycles. The summed E-state index contributed by atoms with van der Waals surface area (Å²) in [7, 11) is 5.71. The van der Waals surface area contributed by atoms with Crippen LogP contribution in [0.4, 0.5) is 23.0 Å². The van der Waals surface area contributed by atoms with Gasteiger partial charge in [-0.3, -0.25) is 9.48 Å². The number of carbonyl (C=O) groups excluding carboxylic acids is 1. The number of nitrogens with one attached hydrogen (secondary N) is 3. The third-order valence-corrected chi connectivity index (χ3v) is 8.87. The van der Waals surface area contributed by atoms with Gasteiger partial charge >= 0.3 is 0 Å². The van der Waals surface area contributed by atoms with Crippen LogP contribution in [0.1, 0.15) is 59.4 Å². The minimum Gasteiger partial charge on any atom is -0.494 e. The lowest BCUT2D eigenvalue weighted by Gasteiger charge is -2.30. The van der Waals surface area contributed by atoms with Crippen molar-refractivity contribution in [3.8, 4) is 17.1 Å². The smallest absolute Gasteiger partial charge is 0.276 e. The Morgan fingerprint density at radius 3 is 2.50 bits per heavy atom. The minimum atomic E-state index is -0.188. The Bertz CT molecular complexity index is 1650. The molecule has 0 atom stereocenters. The van der Waals surface area contributed by atoms with Gasteiger partial charge in [0, 0.05) is 42.3 Å². The van der Waals surface area contributed by atoms with Crippen molar-refractivity contribution in [1.29, 1.82) is 0 Å². The van der Waals surface area contributed by atoms with Crippen LogP contribution in [0.5, 0.6) is 5.75 Å². The zero-order chi connectivity index (χ0) is 30.8. The number of piperidine rings is 1. The molecule has 2 aromatic carbocycles. The Morgan fingerprint density at radius 1 is 1.05 bits per heavy atom. The quantitative estimate of drug-likeness (QED) is 0.229. The number of benzene rings is 2. The van der Waals surface area contributed by atoms with Gasteiger partial charge in [-0.2, -0.15) is 5.10 Å². The molecule has 230 valence electrons. The molecule has 1 amide bonds. The van der Waals surface area contributed by atoms with Gasteiger partial charge in [-0.1, -0.05) is 32.0 Å². The first-order valence-electron chi connectivity index (χ1n) is 15.6. The number of ether oxygens (including phenoxy) is 1. The number of amides is 1. The molecule has 44 heavy (non-hydrogen) atoms. The molecular formula is C34H42N8O2. The summed E-state index contributed by atoms with van der Waals surface area (Å²) < 4.78 is 7.51. The Hall–Kier alpha value is -4.44. The molecule has 0 unspecified atom stereocenters. The van der Waals surface area contributed by atoms with Gasteiger partial charge in [-0.25, -0.2) is 9.97 Å². The molecule has 2 aliphatic rings. The Labute approximate surface area is 259 Å². The van der Waals surface area contributed by atoms with Crippen molar-refractivity contribution < 1.29 is 9.53 Å². The first kappa shape index (κ1) is 29.6. The molecule has 4 aromatic rings. The normalized spacial score (nSPS) is 14.9. The fraction of sp³-hybridized carbons (Fsp3) is 0.412. The monoisotopic (exact) mass is 594 g/mol. The van der Waals surface area contributed by atoms with Crippen LogP contribution in [-0.4, -0.2) is 63.8 Å². The molecule has 10 nitrogen and oxygen atoms in total. The van der Waals surface area contributed by atoms with Crippen LogP contribution < -0.4 is 20.7 Å². The predicted octanol–water partition coefficient (Wildman–Crippen LogP) is 5.61. The topological polar surface area (TPSA) is 109 Å². The summed E-state index contributed by atoms with van der Waals surface area (Å²) in [6, 6.07) is 12.7. The highest BCUT2D eigenvalue weighted by Crippen LogP contribution is 2.36. The summed E-state index contributed by atoms with van der Waals surface area (Å²) in [5, 5.41) is 14.9. The first-order valence-corrected chi connectivity index (χ1v) is 15.6. The van der Waals surface area contributed by atoms with E-state index in [9.17, 15) is 4.79 Å². The highest BCUT2D eigenvalue weighted by Gasteiger charge is 2.29. The van der Waals surface area contributed by atoms with Crippen LogP contribution in [-0.2, 0) is 32.7 Å². The van der Waals surface area contributed by atoms with Gasteiger partial charge in [0.1, 0.15) is 5.75 Å². The lowest BCUT2D eigenvalue weighted by Crippen LogP contribution is -2.36. The maximum atomic E-state index is 13.6. The molecule has 3 N–H and O–H groups in total. The average Bonchev–Trinajstić information content (AvgIpc) is 3.39. The van der Waals surface area contributed by atoms with E-state index >= 15 is 0 Å². The Kier molecular flexibility index (Phi) is 8.52. The second-order valence-corrected chi connectivity index (χ2v) is 11.7. The van der Waals surface area contributed by atoms with E-state index < -0.39 is 0 Å². The molecule has 0 bridgehead atoms. The lowest BCUT2D eigenvalue weighted by atomic mass is 9.93. The van der Waals surface area contributed by atoms with Crippen LogP contribution in [0.2, 0.25) is 0 Å². The van der Waals surface area contributed by atoms with Gasteiger partial charge < -0.3 is 25.6 Å². The van der Waals surface area contributed by atoms with E-state index in [1.807, 2.05) is 25.4 Å². The molecule has 0 spiro atoms. The van der Waals surface area contributed by atoms with E-state index in [1.165, 1.54) is 0 Å². The molecule has 0 saturated carbocycles. The summed E-state index contributed by atoms with van der Waals surface area (Å²) in [6.07, 6.45) is 7.22. The van der Waals surface area contributed by atoms with Crippen LogP contribution >= 0.6 is 0 Å². The number of nitrogens with zero attached hydrogens (tertiary/aromatic N) is 5. The third kappa shape index (κ3) is 5.86. The van der Waals surface area contributed by atoms with Crippen molar-refractivity contribution in [3.05, 3.63) is 70.5 Å². The first-order chi connectivity index (χ1) is 21.4. The number of rotatable bonds is 9. The summed E-state index contributed by atoms with van der Waals surface area (Å²) in [6.45, 7) is 6.40.